The normalized spacial score (nSPS) is 30.6. The summed E-state index contributed by atoms with van der Waals surface area (Å²) in [5.41, 5.74) is 0. The first-order chi connectivity index (χ1) is 7.16. The minimum Gasteiger partial charge on any atom is -0.352 e. The fourth-order valence-electron chi connectivity index (χ4n) is 2.15. The van der Waals surface area contributed by atoms with E-state index in [0.717, 1.165) is 13.1 Å². The number of rotatable bonds is 3. The predicted octanol–water partition coefficient (Wildman–Crippen LogP) is 0.369. The maximum atomic E-state index is 11.7. The first-order valence-corrected chi connectivity index (χ1v) is 5.92. The van der Waals surface area contributed by atoms with Gasteiger partial charge in [0.1, 0.15) is 0 Å². The molecule has 1 saturated heterocycles. The second kappa shape index (κ2) is 5.84. The second-order valence-electron chi connectivity index (χ2n) is 4.87. The molecule has 2 rings (SSSR count). The topological polar surface area (TPSA) is 44.4 Å². The molecule has 2 fully saturated rings. The molecule has 2 aliphatic rings. The monoisotopic (exact) mass is 247 g/mol. The molecule has 1 aliphatic carbocycles. The van der Waals surface area contributed by atoms with Gasteiger partial charge in [-0.2, -0.15) is 0 Å². The highest BCUT2D eigenvalue weighted by Crippen LogP contribution is 2.18. The van der Waals surface area contributed by atoms with Gasteiger partial charge in [0.2, 0.25) is 5.91 Å². The lowest BCUT2D eigenvalue weighted by atomic mass is 10.1. The lowest BCUT2D eigenvalue weighted by molar-refractivity contribution is -0.123. The van der Waals surface area contributed by atoms with Crippen molar-refractivity contribution in [3.05, 3.63) is 0 Å². The molecule has 16 heavy (non-hydrogen) atoms. The van der Waals surface area contributed by atoms with Gasteiger partial charge in [0.25, 0.3) is 0 Å². The van der Waals surface area contributed by atoms with Gasteiger partial charge in [-0.3, -0.25) is 9.69 Å². The Hall–Kier alpha value is -0.320. The van der Waals surface area contributed by atoms with Crippen LogP contribution in [0, 0.1) is 0 Å². The van der Waals surface area contributed by atoms with E-state index in [0.29, 0.717) is 24.7 Å². The molecular formula is C11H22ClN3O. The van der Waals surface area contributed by atoms with E-state index in [4.69, 9.17) is 0 Å². The third-order valence-corrected chi connectivity index (χ3v) is 3.28. The van der Waals surface area contributed by atoms with Gasteiger partial charge in [0.15, 0.2) is 0 Å². The number of nitrogens with zero attached hydrogens (tertiary/aromatic N) is 1. The summed E-state index contributed by atoms with van der Waals surface area (Å²) in [6.45, 7) is 6.88. The summed E-state index contributed by atoms with van der Waals surface area (Å²) in [6.07, 6.45) is 2.33. The number of amides is 1. The van der Waals surface area contributed by atoms with E-state index in [1.54, 1.807) is 0 Å². The highest BCUT2D eigenvalue weighted by atomic mass is 35.5. The van der Waals surface area contributed by atoms with Crippen molar-refractivity contribution >= 4 is 18.3 Å². The largest absolute Gasteiger partial charge is 0.352 e. The van der Waals surface area contributed by atoms with Crippen LogP contribution >= 0.6 is 12.4 Å². The molecule has 94 valence electrons. The molecular weight excluding hydrogens is 226 g/mol. The molecule has 0 radical (unpaired) electrons. The van der Waals surface area contributed by atoms with Gasteiger partial charge >= 0.3 is 0 Å². The highest BCUT2D eigenvalue weighted by molar-refractivity contribution is 5.85. The summed E-state index contributed by atoms with van der Waals surface area (Å²) in [6, 6.07) is 1.39. The van der Waals surface area contributed by atoms with E-state index in [2.05, 4.69) is 29.4 Å². The lowest BCUT2D eigenvalue weighted by Crippen LogP contribution is -2.57. The minimum atomic E-state index is 0. The maximum absolute atomic E-state index is 11.7. The van der Waals surface area contributed by atoms with Crippen molar-refractivity contribution < 1.29 is 4.79 Å². The molecule has 0 unspecified atom stereocenters. The van der Waals surface area contributed by atoms with Gasteiger partial charge in [-0.1, -0.05) is 0 Å². The number of carbonyl (C=O) groups excluding carboxylic acids is 1. The van der Waals surface area contributed by atoms with E-state index in [1.165, 1.54) is 12.8 Å². The minimum absolute atomic E-state index is 0. The van der Waals surface area contributed by atoms with Crippen molar-refractivity contribution in [2.45, 2.75) is 44.8 Å². The van der Waals surface area contributed by atoms with Crippen molar-refractivity contribution in [3.8, 4) is 0 Å². The van der Waals surface area contributed by atoms with Gasteiger partial charge < -0.3 is 10.6 Å². The molecule has 0 bridgehead atoms. The Labute approximate surface area is 104 Å². The SMILES string of the molecule is C[C@@H]1CNC[C@H](C)N1CC(=O)NC1CC1.Cl. The Morgan fingerprint density at radius 1 is 1.31 bits per heavy atom. The van der Waals surface area contributed by atoms with Crippen molar-refractivity contribution in [1.82, 2.24) is 15.5 Å². The number of piperazine rings is 1. The average Bonchev–Trinajstić information content (AvgIpc) is 2.95. The second-order valence-corrected chi connectivity index (χ2v) is 4.87. The van der Waals surface area contributed by atoms with E-state index in [9.17, 15) is 4.79 Å². The van der Waals surface area contributed by atoms with Crippen LogP contribution in [0.1, 0.15) is 26.7 Å². The number of halogens is 1. The number of hydrogen-bond donors (Lipinski definition) is 2. The molecule has 0 aromatic rings. The lowest BCUT2D eigenvalue weighted by Gasteiger charge is -2.38. The van der Waals surface area contributed by atoms with Gasteiger partial charge in [-0.15, -0.1) is 12.4 Å². The summed E-state index contributed by atoms with van der Waals surface area (Å²) in [5.74, 6) is 0.193. The zero-order chi connectivity index (χ0) is 10.8. The Morgan fingerprint density at radius 2 is 1.88 bits per heavy atom. The summed E-state index contributed by atoms with van der Waals surface area (Å²) in [7, 11) is 0. The summed E-state index contributed by atoms with van der Waals surface area (Å²) in [5, 5.41) is 6.41. The van der Waals surface area contributed by atoms with Crippen molar-refractivity contribution in [3.63, 3.8) is 0 Å². The molecule has 2 N–H and O–H groups in total. The molecule has 0 spiro atoms. The smallest absolute Gasteiger partial charge is 0.234 e. The van der Waals surface area contributed by atoms with Crippen LogP contribution in [0.4, 0.5) is 0 Å². The maximum Gasteiger partial charge on any atom is 0.234 e. The van der Waals surface area contributed by atoms with Crippen LogP contribution in [0.15, 0.2) is 0 Å². The standard InChI is InChI=1S/C11H21N3O.ClH/c1-8-5-12-6-9(2)14(8)7-11(15)13-10-3-4-10;/h8-10,12H,3-7H2,1-2H3,(H,13,15);1H/t8-,9+;. The van der Waals surface area contributed by atoms with Crippen LogP contribution < -0.4 is 10.6 Å². The molecule has 1 aliphatic heterocycles. The highest BCUT2D eigenvalue weighted by Gasteiger charge is 2.28. The molecule has 1 saturated carbocycles. The van der Waals surface area contributed by atoms with E-state index >= 15 is 0 Å². The Kier molecular flexibility index (Phi) is 5.02. The quantitative estimate of drug-likeness (QED) is 0.758. The van der Waals surface area contributed by atoms with Crippen LogP contribution in [0.2, 0.25) is 0 Å². The van der Waals surface area contributed by atoms with Crippen LogP contribution in [-0.4, -0.2) is 48.6 Å². The predicted molar refractivity (Wildman–Crippen MR) is 66.9 cm³/mol. The van der Waals surface area contributed by atoms with E-state index < -0.39 is 0 Å². The average molecular weight is 248 g/mol. The third-order valence-electron chi connectivity index (χ3n) is 3.28. The zero-order valence-corrected chi connectivity index (χ0v) is 10.8. The van der Waals surface area contributed by atoms with Crippen LogP contribution in [0.5, 0.6) is 0 Å². The Morgan fingerprint density at radius 3 is 2.38 bits per heavy atom. The van der Waals surface area contributed by atoms with Crippen molar-refractivity contribution in [2.75, 3.05) is 19.6 Å². The van der Waals surface area contributed by atoms with Crippen molar-refractivity contribution in [1.29, 1.82) is 0 Å². The molecule has 0 aromatic heterocycles. The number of hydrogen-bond acceptors (Lipinski definition) is 3. The molecule has 4 nitrogen and oxygen atoms in total. The summed E-state index contributed by atoms with van der Waals surface area (Å²) < 4.78 is 0. The van der Waals surface area contributed by atoms with Crippen LogP contribution in [-0.2, 0) is 4.79 Å². The fraction of sp³-hybridized carbons (Fsp3) is 0.909. The van der Waals surface area contributed by atoms with E-state index in [1.807, 2.05) is 0 Å². The van der Waals surface area contributed by atoms with E-state index in [-0.39, 0.29) is 18.3 Å². The summed E-state index contributed by atoms with van der Waals surface area (Å²) >= 11 is 0. The first-order valence-electron chi connectivity index (χ1n) is 5.92. The molecule has 2 atom stereocenters. The van der Waals surface area contributed by atoms with Crippen molar-refractivity contribution in [2.24, 2.45) is 0 Å². The summed E-state index contributed by atoms with van der Waals surface area (Å²) in [4.78, 5) is 14.0. The van der Waals surface area contributed by atoms with Gasteiger partial charge in [-0.25, -0.2) is 0 Å². The van der Waals surface area contributed by atoms with Gasteiger partial charge in [0, 0.05) is 31.2 Å². The number of carbonyl (C=O) groups is 1. The van der Waals surface area contributed by atoms with Crippen LogP contribution in [0.25, 0.3) is 0 Å². The molecule has 1 heterocycles. The van der Waals surface area contributed by atoms with Crippen LogP contribution in [0.3, 0.4) is 0 Å². The van der Waals surface area contributed by atoms with Gasteiger partial charge in [0.05, 0.1) is 6.54 Å². The molecule has 5 heteroatoms. The fourth-order valence-corrected chi connectivity index (χ4v) is 2.15. The zero-order valence-electron chi connectivity index (χ0n) is 10.0. The Balaban J connectivity index is 0.00000128. The Bertz CT molecular complexity index is 235. The first kappa shape index (κ1) is 13.7. The molecule has 1 amide bonds. The number of nitrogens with one attached hydrogen (secondary N) is 2. The molecule has 0 aromatic carbocycles. The third kappa shape index (κ3) is 3.61. The van der Waals surface area contributed by atoms with Gasteiger partial charge in [-0.05, 0) is 26.7 Å².